The fraction of sp³-hybridized carbons (Fsp3) is 0.667. The lowest BCUT2D eigenvalue weighted by molar-refractivity contribution is 0.238. The molecule has 12 heavy (non-hydrogen) atoms. The second-order valence-electron chi connectivity index (χ2n) is 1.82. The Labute approximate surface area is 70.7 Å². The third-order valence-electron chi connectivity index (χ3n) is 0.919. The molecule has 0 aromatic carbocycles. The average Bonchev–Trinajstić information content (AvgIpc) is 1.82. The minimum Gasteiger partial charge on any atom is -0.244 e. The molecule has 0 unspecified atom stereocenters. The van der Waals surface area contributed by atoms with Gasteiger partial charge in [-0.1, -0.05) is 4.36 Å². The van der Waals surface area contributed by atoms with Gasteiger partial charge in [0.15, 0.2) is 0 Å². The number of carbonyl (C=O) groups excluding carboxylic acids is 1. The van der Waals surface area contributed by atoms with E-state index in [-0.39, 0.29) is 4.31 Å². The SMILES string of the molecule is CN(C(=O)N=S(=O)=O)S(C)(=O)=O. The van der Waals surface area contributed by atoms with E-state index in [1.54, 1.807) is 0 Å². The van der Waals surface area contributed by atoms with Gasteiger partial charge in [-0.15, -0.1) is 0 Å². The van der Waals surface area contributed by atoms with Crippen LogP contribution in [-0.2, 0) is 20.5 Å². The Kier molecular flexibility index (Phi) is 3.34. The van der Waals surface area contributed by atoms with E-state index in [4.69, 9.17) is 0 Å². The molecule has 70 valence electrons. The Morgan fingerprint density at radius 3 is 2.08 bits per heavy atom. The number of amides is 2. The van der Waals surface area contributed by atoms with Crippen LogP contribution in [0.3, 0.4) is 0 Å². The number of nitrogens with zero attached hydrogens (tertiary/aromatic N) is 2. The lowest BCUT2D eigenvalue weighted by Crippen LogP contribution is -2.29. The first-order valence-electron chi connectivity index (χ1n) is 2.54. The fourth-order valence-corrected chi connectivity index (χ4v) is 0.889. The maximum absolute atomic E-state index is 10.6. The van der Waals surface area contributed by atoms with E-state index in [1.807, 2.05) is 0 Å². The van der Waals surface area contributed by atoms with Gasteiger partial charge in [0.1, 0.15) is 0 Å². The molecule has 0 spiro atoms. The van der Waals surface area contributed by atoms with E-state index in [2.05, 4.69) is 4.36 Å². The largest absolute Gasteiger partial charge is 0.371 e. The first kappa shape index (κ1) is 11.0. The van der Waals surface area contributed by atoms with E-state index in [1.165, 1.54) is 0 Å². The summed E-state index contributed by atoms with van der Waals surface area (Å²) in [6, 6.07) is -1.34. The molecule has 0 saturated carbocycles. The predicted molar refractivity (Wildman–Crippen MR) is 39.4 cm³/mol. The molecule has 0 N–H and O–H groups in total. The second-order valence-corrected chi connectivity index (χ2v) is 4.45. The van der Waals surface area contributed by atoms with E-state index in [9.17, 15) is 21.6 Å². The van der Waals surface area contributed by atoms with Gasteiger partial charge < -0.3 is 0 Å². The van der Waals surface area contributed by atoms with Crippen LogP contribution in [0.2, 0.25) is 0 Å². The summed E-state index contributed by atoms with van der Waals surface area (Å²) in [7, 11) is -5.75. The van der Waals surface area contributed by atoms with Crippen molar-refractivity contribution >= 4 is 26.6 Å². The summed E-state index contributed by atoms with van der Waals surface area (Å²) >= 11 is 0. The van der Waals surface area contributed by atoms with Gasteiger partial charge in [-0.05, 0) is 0 Å². The minimum absolute atomic E-state index is 0.225. The molecule has 0 fully saturated rings. The Morgan fingerprint density at radius 1 is 1.42 bits per heavy atom. The summed E-state index contributed by atoms with van der Waals surface area (Å²) in [4.78, 5) is 10.6. The van der Waals surface area contributed by atoms with Gasteiger partial charge in [0.25, 0.3) is 0 Å². The van der Waals surface area contributed by atoms with Crippen molar-refractivity contribution in [1.29, 1.82) is 0 Å². The summed E-state index contributed by atoms with van der Waals surface area (Å²) in [5.74, 6) is 0. The van der Waals surface area contributed by atoms with Crippen LogP contribution in [0.1, 0.15) is 0 Å². The molecule has 0 aliphatic heterocycles. The topological polar surface area (TPSA) is 101 Å². The third-order valence-corrected chi connectivity index (χ3v) is 2.38. The predicted octanol–water partition coefficient (Wildman–Crippen LogP) is -0.939. The van der Waals surface area contributed by atoms with Gasteiger partial charge in [-0.3, -0.25) is 0 Å². The molecular formula is C3H6N2O5S2. The minimum atomic E-state index is -3.73. The smallest absolute Gasteiger partial charge is 0.244 e. The Bertz CT molecular complexity index is 396. The molecule has 0 aromatic rings. The lowest BCUT2D eigenvalue weighted by Gasteiger charge is -2.08. The summed E-state index contributed by atoms with van der Waals surface area (Å²) < 4.78 is 43.6. The van der Waals surface area contributed by atoms with Crippen molar-refractivity contribution in [2.75, 3.05) is 13.3 Å². The van der Waals surface area contributed by atoms with Crippen LogP contribution in [-0.4, -0.2) is 40.5 Å². The van der Waals surface area contributed by atoms with E-state index >= 15 is 0 Å². The number of hydrogen-bond donors (Lipinski definition) is 0. The van der Waals surface area contributed by atoms with Crippen LogP contribution < -0.4 is 0 Å². The molecule has 0 aromatic heterocycles. The Hall–Kier alpha value is -0.960. The summed E-state index contributed by atoms with van der Waals surface area (Å²) in [5.41, 5.74) is 0. The zero-order valence-electron chi connectivity index (χ0n) is 6.25. The molecule has 0 heterocycles. The highest BCUT2D eigenvalue weighted by molar-refractivity contribution is 7.88. The van der Waals surface area contributed by atoms with Gasteiger partial charge >= 0.3 is 16.5 Å². The standard InChI is InChI=1S/C3H6N2O5S2/c1-5(12(2,9)10)3(6)4-11(7)8/h1-2H3. The number of rotatable bonds is 1. The van der Waals surface area contributed by atoms with Crippen molar-refractivity contribution in [2.45, 2.75) is 0 Å². The van der Waals surface area contributed by atoms with Crippen LogP contribution in [0.25, 0.3) is 0 Å². The van der Waals surface area contributed by atoms with E-state index in [0.29, 0.717) is 0 Å². The van der Waals surface area contributed by atoms with Crippen molar-refractivity contribution in [3.8, 4) is 0 Å². The molecule has 0 radical (unpaired) electrons. The number of sulfonamides is 1. The summed E-state index contributed by atoms with van der Waals surface area (Å²) in [6.07, 6.45) is 0.758. The molecule has 9 heteroatoms. The first-order valence-corrected chi connectivity index (χ1v) is 5.42. The van der Waals surface area contributed by atoms with Crippen molar-refractivity contribution < 1.29 is 21.6 Å². The number of urea groups is 1. The van der Waals surface area contributed by atoms with Crippen molar-refractivity contribution in [1.82, 2.24) is 4.31 Å². The number of carbonyl (C=O) groups is 1. The van der Waals surface area contributed by atoms with Crippen LogP contribution >= 0.6 is 0 Å². The molecule has 0 bridgehead atoms. The van der Waals surface area contributed by atoms with E-state index in [0.717, 1.165) is 13.3 Å². The first-order chi connectivity index (χ1) is 5.25. The maximum atomic E-state index is 10.6. The van der Waals surface area contributed by atoms with E-state index < -0.39 is 26.6 Å². The Balaban J connectivity index is 4.89. The number of hydrogen-bond acceptors (Lipinski definition) is 5. The summed E-state index contributed by atoms with van der Waals surface area (Å²) in [6.45, 7) is 0. The highest BCUT2D eigenvalue weighted by Crippen LogP contribution is 1.95. The normalized spacial score (nSPS) is 10.5. The van der Waals surface area contributed by atoms with Crippen molar-refractivity contribution in [3.05, 3.63) is 0 Å². The summed E-state index contributed by atoms with van der Waals surface area (Å²) in [5, 5.41) is 0. The van der Waals surface area contributed by atoms with Crippen LogP contribution in [0.5, 0.6) is 0 Å². The second kappa shape index (κ2) is 3.63. The van der Waals surface area contributed by atoms with Gasteiger partial charge in [-0.25, -0.2) is 17.5 Å². The molecule has 0 aliphatic rings. The van der Waals surface area contributed by atoms with Gasteiger partial charge in [0.05, 0.1) is 6.26 Å². The zero-order valence-corrected chi connectivity index (χ0v) is 7.89. The molecule has 0 rings (SSSR count). The molecule has 0 aliphatic carbocycles. The van der Waals surface area contributed by atoms with Gasteiger partial charge in [0, 0.05) is 7.05 Å². The monoisotopic (exact) mass is 214 g/mol. The van der Waals surface area contributed by atoms with Crippen LogP contribution in [0.4, 0.5) is 4.79 Å². The third kappa shape index (κ3) is 3.44. The zero-order chi connectivity index (χ0) is 9.94. The molecule has 0 atom stereocenters. The average molecular weight is 214 g/mol. The highest BCUT2D eigenvalue weighted by Gasteiger charge is 2.17. The molecule has 2 amide bonds. The fourth-order valence-electron chi connectivity index (χ4n) is 0.263. The van der Waals surface area contributed by atoms with Gasteiger partial charge in [0.2, 0.25) is 10.0 Å². The lowest BCUT2D eigenvalue weighted by atomic mass is 11.0. The van der Waals surface area contributed by atoms with Crippen molar-refractivity contribution in [3.63, 3.8) is 0 Å². The highest BCUT2D eigenvalue weighted by atomic mass is 32.2. The van der Waals surface area contributed by atoms with Gasteiger partial charge in [-0.2, -0.15) is 8.42 Å². The molecular weight excluding hydrogens is 208 g/mol. The molecule has 7 nitrogen and oxygen atoms in total. The molecule has 0 saturated heterocycles. The van der Waals surface area contributed by atoms with Crippen LogP contribution in [0.15, 0.2) is 4.36 Å². The maximum Gasteiger partial charge on any atom is 0.371 e. The quantitative estimate of drug-likeness (QED) is 0.560. The van der Waals surface area contributed by atoms with Crippen molar-refractivity contribution in [2.24, 2.45) is 4.36 Å². The van der Waals surface area contributed by atoms with Crippen LogP contribution in [0, 0.1) is 0 Å². The Morgan fingerprint density at radius 2 is 1.83 bits per heavy atom.